The smallest absolute Gasteiger partial charge is 0.272 e. The molecule has 0 N–H and O–H groups in total. The zero-order valence-corrected chi connectivity index (χ0v) is 14.3. The first-order valence-electron chi connectivity index (χ1n) is 8.08. The lowest BCUT2D eigenvalue weighted by Crippen LogP contribution is -2.40. The van der Waals surface area contributed by atoms with Gasteiger partial charge in [0.05, 0.1) is 5.69 Å². The summed E-state index contributed by atoms with van der Waals surface area (Å²) in [5, 5.41) is 0.608. The van der Waals surface area contributed by atoms with Crippen molar-refractivity contribution in [3.63, 3.8) is 0 Å². The van der Waals surface area contributed by atoms with Gasteiger partial charge in [0, 0.05) is 29.6 Å². The summed E-state index contributed by atoms with van der Waals surface area (Å²) in [4.78, 5) is 30.4. The fourth-order valence-electron chi connectivity index (χ4n) is 3.02. The van der Waals surface area contributed by atoms with E-state index >= 15 is 0 Å². The quantitative estimate of drug-likeness (QED) is 0.851. The number of carbonyl (C=O) groups is 2. The van der Waals surface area contributed by atoms with Crippen LogP contribution in [-0.2, 0) is 4.79 Å². The molecular formula is C19H19ClN2O2. The molecule has 0 aliphatic carbocycles. The molecule has 24 heavy (non-hydrogen) atoms. The molecule has 1 saturated heterocycles. The summed E-state index contributed by atoms with van der Waals surface area (Å²) in [5.41, 5.74) is 1.91. The van der Waals surface area contributed by atoms with Crippen molar-refractivity contribution in [3.05, 3.63) is 53.2 Å². The summed E-state index contributed by atoms with van der Waals surface area (Å²) in [6, 6.07) is 12.8. The molecule has 1 amide bonds. The van der Waals surface area contributed by atoms with Crippen LogP contribution in [0.2, 0.25) is 5.02 Å². The summed E-state index contributed by atoms with van der Waals surface area (Å²) >= 11 is 6.22. The Labute approximate surface area is 146 Å². The number of aromatic nitrogens is 1. The fraction of sp³-hybridized carbons (Fsp3) is 0.316. The Morgan fingerprint density at radius 2 is 1.79 bits per heavy atom. The summed E-state index contributed by atoms with van der Waals surface area (Å²) in [7, 11) is 0. The predicted octanol–water partition coefficient (Wildman–Crippen LogP) is 3.84. The fourth-order valence-corrected chi connectivity index (χ4v) is 3.26. The normalized spacial score (nSPS) is 15.3. The number of piperidine rings is 1. The Morgan fingerprint density at radius 1 is 1.08 bits per heavy atom. The van der Waals surface area contributed by atoms with Crippen LogP contribution in [0, 0.1) is 5.92 Å². The van der Waals surface area contributed by atoms with E-state index in [4.69, 9.17) is 11.6 Å². The van der Waals surface area contributed by atoms with Gasteiger partial charge in [-0.25, -0.2) is 4.98 Å². The molecular weight excluding hydrogens is 324 g/mol. The minimum Gasteiger partial charge on any atom is -0.337 e. The Kier molecular flexibility index (Phi) is 4.95. The molecule has 4 nitrogen and oxygen atoms in total. The number of rotatable bonds is 3. The maximum absolute atomic E-state index is 12.7. The van der Waals surface area contributed by atoms with Crippen molar-refractivity contribution in [2.45, 2.75) is 19.8 Å². The summed E-state index contributed by atoms with van der Waals surface area (Å²) < 4.78 is 0. The number of carbonyl (C=O) groups excluding carboxylic acids is 2. The summed E-state index contributed by atoms with van der Waals surface area (Å²) in [6.07, 6.45) is 1.45. The molecule has 2 heterocycles. The van der Waals surface area contributed by atoms with Gasteiger partial charge in [0.2, 0.25) is 0 Å². The molecule has 1 aliphatic heterocycles. The highest BCUT2D eigenvalue weighted by molar-refractivity contribution is 6.33. The summed E-state index contributed by atoms with van der Waals surface area (Å²) in [6.45, 7) is 2.82. The monoisotopic (exact) mass is 342 g/mol. The first-order chi connectivity index (χ1) is 11.6. The molecule has 1 fully saturated rings. The molecule has 1 aliphatic rings. The highest BCUT2D eigenvalue weighted by Gasteiger charge is 2.26. The van der Waals surface area contributed by atoms with E-state index in [1.54, 1.807) is 24.0 Å². The highest BCUT2D eigenvalue weighted by Crippen LogP contribution is 2.26. The third kappa shape index (κ3) is 3.49. The zero-order valence-electron chi connectivity index (χ0n) is 13.5. The molecule has 3 rings (SSSR count). The number of nitrogens with zero attached hydrogens (tertiary/aromatic N) is 2. The number of Topliss-reactive ketones (excluding diaryl/α,β-unsaturated/α-hetero) is 1. The third-order valence-electron chi connectivity index (χ3n) is 4.48. The van der Waals surface area contributed by atoms with Gasteiger partial charge in [0.1, 0.15) is 11.5 Å². The maximum atomic E-state index is 12.7. The van der Waals surface area contributed by atoms with Gasteiger partial charge in [-0.05, 0) is 38.0 Å². The maximum Gasteiger partial charge on any atom is 0.272 e. The number of hydrogen-bond acceptors (Lipinski definition) is 3. The molecule has 0 radical (unpaired) electrons. The van der Waals surface area contributed by atoms with Gasteiger partial charge >= 0.3 is 0 Å². The Hall–Kier alpha value is -2.20. The largest absolute Gasteiger partial charge is 0.337 e. The minimum absolute atomic E-state index is 0.0801. The van der Waals surface area contributed by atoms with Crippen molar-refractivity contribution < 1.29 is 9.59 Å². The molecule has 0 saturated carbocycles. The van der Waals surface area contributed by atoms with Crippen molar-refractivity contribution in [2.24, 2.45) is 5.92 Å². The molecule has 0 bridgehead atoms. The van der Waals surface area contributed by atoms with E-state index in [0.29, 0.717) is 29.5 Å². The van der Waals surface area contributed by atoms with Crippen molar-refractivity contribution in [3.8, 4) is 11.3 Å². The first-order valence-corrected chi connectivity index (χ1v) is 8.46. The van der Waals surface area contributed by atoms with Crippen molar-refractivity contribution >= 4 is 23.3 Å². The van der Waals surface area contributed by atoms with E-state index in [1.807, 2.05) is 30.3 Å². The van der Waals surface area contributed by atoms with Gasteiger partial charge in [0.25, 0.3) is 5.91 Å². The van der Waals surface area contributed by atoms with Crippen LogP contribution in [0.3, 0.4) is 0 Å². The van der Waals surface area contributed by atoms with E-state index in [2.05, 4.69) is 4.98 Å². The van der Waals surface area contributed by atoms with E-state index < -0.39 is 0 Å². The van der Waals surface area contributed by atoms with Gasteiger partial charge in [0.15, 0.2) is 0 Å². The van der Waals surface area contributed by atoms with E-state index in [-0.39, 0.29) is 17.6 Å². The second-order valence-corrected chi connectivity index (χ2v) is 6.47. The number of halogens is 1. The molecule has 5 heteroatoms. The molecule has 1 aromatic heterocycles. The lowest BCUT2D eigenvalue weighted by atomic mass is 9.93. The SMILES string of the molecule is CC(=O)C1CCN(C(=O)c2cccc(-c3ccccc3Cl)n2)CC1. The average molecular weight is 343 g/mol. The minimum atomic E-state index is -0.0918. The molecule has 0 unspecified atom stereocenters. The Bertz CT molecular complexity index is 767. The Balaban J connectivity index is 1.78. The number of amides is 1. The van der Waals surface area contributed by atoms with Crippen LogP contribution in [-0.4, -0.2) is 34.7 Å². The molecule has 124 valence electrons. The zero-order chi connectivity index (χ0) is 17.1. The highest BCUT2D eigenvalue weighted by atomic mass is 35.5. The van der Waals surface area contributed by atoms with Gasteiger partial charge in [-0.15, -0.1) is 0 Å². The molecule has 1 aromatic carbocycles. The van der Waals surface area contributed by atoms with Crippen LogP contribution >= 0.6 is 11.6 Å². The van der Waals surface area contributed by atoms with Crippen LogP contribution in [0.4, 0.5) is 0 Å². The van der Waals surface area contributed by atoms with Crippen LogP contribution < -0.4 is 0 Å². The molecule has 0 atom stereocenters. The average Bonchev–Trinajstić information content (AvgIpc) is 2.61. The predicted molar refractivity (Wildman–Crippen MR) is 94.0 cm³/mol. The molecule has 2 aromatic rings. The number of hydrogen-bond donors (Lipinski definition) is 0. The van der Waals surface area contributed by atoms with Crippen molar-refractivity contribution in [2.75, 3.05) is 13.1 Å². The Morgan fingerprint density at radius 3 is 2.46 bits per heavy atom. The lowest BCUT2D eigenvalue weighted by Gasteiger charge is -2.30. The van der Waals surface area contributed by atoms with Crippen LogP contribution in [0.5, 0.6) is 0 Å². The van der Waals surface area contributed by atoms with Crippen molar-refractivity contribution in [1.82, 2.24) is 9.88 Å². The van der Waals surface area contributed by atoms with Gasteiger partial charge in [-0.3, -0.25) is 9.59 Å². The topological polar surface area (TPSA) is 50.3 Å². The van der Waals surface area contributed by atoms with E-state index in [1.165, 1.54) is 0 Å². The van der Waals surface area contributed by atoms with E-state index in [9.17, 15) is 9.59 Å². The first kappa shape index (κ1) is 16.7. The van der Waals surface area contributed by atoms with Gasteiger partial charge in [-0.1, -0.05) is 35.9 Å². The van der Waals surface area contributed by atoms with E-state index in [0.717, 1.165) is 18.4 Å². The third-order valence-corrected chi connectivity index (χ3v) is 4.80. The second kappa shape index (κ2) is 7.14. The standard InChI is InChI=1S/C19H19ClN2O2/c1-13(23)14-9-11-22(12-10-14)19(24)18-8-4-7-17(21-18)15-5-2-3-6-16(15)20/h2-8,14H,9-12H2,1H3. The second-order valence-electron chi connectivity index (χ2n) is 6.07. The van der Waals surface area contributed by atoms with Crippen LogP contribution in [0.25, 0.3) is 11.3 Å². The number of pyridine rings is 1. The number of likely N-dealkylation sites (tertiary alicyclic amines) is 1. The van der Waals surface area contributed by atoms with Gasteiger partial charge < -0.3 is 4.90 Å². The van der Waals surface area contributed by atoms with Crippen LogP contribution in [0.1, 0.15) is 30.3 Å². The van der Waals surface area contributed by atoms with Crippen molar-refractivity contribution in [1.29, 1.82) is 0 Å². The molecule has 0 spiro atoms. The summed E-state index contributed by atoms with van der Waals surface area (Å²) in [5.74, 6) is 0.198. The van der Waals surface area contributed by atoms with Crippen LogP contribution in [0.15, 0.2) is 42.5 Å². The van der Waals surface area contributed by atoms with Gasteiger partial charge in [-0.2, -0.15) is 0 Å². The lowest BCUT2D eigenvalue weighted by molar-refractivity contribution is -0.121. The number of ketones is 1. The number of benzene rings is 1.